The van der Waals surface area contributed by atoms with Crippen LogP contribution in [-0.2, 0) is 19.0 Å². The Bertz CT molecular complexity index is 943. The monoisotopic (exact) mass is 490 g/mol. The van der Waals surface area contributed by atoms with E-state index in [1.54, 1.807) is 12.1 Å². The van der Waals surface area contributed by atoms with Crippen molar-refractivity contribution in [2.24, 2.45) is 11.8 Å². The Morgan fingerprint density at radius 3 is 2.20 bits per heavy atom. The van der Waals surface area contributed by atoms with Gasteiger partial charge in [0.2, 0.25) is 5.75 Å². The lowest BCUT2D eigenvalue weighted by atomic mass is 9.78. The molecule has 0 bridgehead atoms. The molecule has 1 aliphatic carbocycles. The lowest BCUT2D eigenvalue weighted by molar-refractivity contribution is -0.153. The first-order valence-corrected chi connectivity index (χ1v) is 12.1. The van der Waals surface area contributed by atoms with Gasteiger partial charge in [-0.15, -0.1) is 0 Å². The van der Waals surface area contributed by atoms with Crippen LogP contribution in [0.5, 0.6) is 17.2 Å². The number of rotatable bonds is 7. The summed E-state index contributed by atoms with van der Waals surface area (Å²) in [7, 11) is 4.49. The fraction of sp³-hybridized carbons (Fsp3) is 0.630. The van der Waals surface area contributed by atoms with Crippen LogP contribution in [0.25, 0.3) is 0 Å². The minimum Gasteiger partial charge on any atom is -0.493 e. The van der Waals surface area contributed by atoms with Crippen molar-refractivity contribution in [1.29, 1.82) is 0 Å². The van der Waals surface area contributed by atoms with E-state index in [4.69, 9.17) is 28.4 Å². The van der Waals surface area contributed by atoms with Gasteiger partial charge in [0.15, 0.2) is 11.5 Å². The predicted molar refractivity (Wildman–Crippen MR) is 130 cm³/mol. The van der Waals surface area contributed by atoms with Gasteiger partial charge < -0.3 is 28.4 Å². The van der Waals surface area contributed by atoms with Crippen LogP contribution in [0.3, 0.4) is 0 Å². The second-order valence-electron chi connectivity index (χ2n) is 9.90. The van der Waals surface area contributed by atoms with Gasteiger partial charge in [0, 0.05) is 19.3 Å². The number of ether oxygens (including phenoxy) is 6. The summed E-state index contributed by atoms with van der Waals surface area (Å²) in [5, 5.41) is 0. The number of hydrogen-bond donors (Lipinski definition) is 0. The van der Waals surface area contributed by atoms with Crippen LogP contribution in [0.4, 0.5) is 0 Å². The Kier molecular flexibility index (Phi) is 8.36. The van der Waals surface area contributed by atoms with Crippen molar-refractivity contribution in [1.82, 2.24) is 0 Å². The predicted octanol–water partition coefficient (Wildman–Crippen LogP) is 4.73. The van der Waals surface area contributed by atoms with Crippen molar-refractivity contribution in [3.05, 3.63) is 29.3 Å². The molecule has 2 aliphatic rings. The fourth-order valence-corrected chi connectivity index (χ4v) is 5.10. The summed E-state index contributed by atoms with van der Waals surface area (Å²) in [6, 6.07) is 3.13. The van der Waals surface area contributed by atoms with Crippen LogP contribution in [0.2, 0.25) is 0 Å². The molecule has 1 aromatic carbocycles. The molecule has 0 radical (unpaired) electrons. The summed E-state index contributed by atoms with van der Waals surface area (Å²) < 4.78 is 34.3. The fourth-order valence-electron chi connectivity index (χ4n) is 5.10. The van der Waals surface area contributed by atoms with Crippen LogP contribution >= 0.6 is 0 Å². The highest BCUT2D eigenvalue weighted by Gasteiger charge is 2.60. The highest BCUT2D eigenvalue weighted by atomic mass is 16.6. The summed E-state index contributed by atoms with van der Waals surface area (Å²) in [6.45, 7) is 9.59. The van der Waals surface area contributed by atoms with E-state index in [2.05, 4.69) is 6.08 Å². The third-order valence-corrected chi connectivity index (χ3v) is 6.94. The maximum atomic E-state index is 13.5. The second kappa shape index (κ2) is 10.9. The summed E-state index contributed by atoms with van der Waals surface area (Å²) in [5.41, 5.74) is 0.989. The maximum absolute atomic E-state index is 13.5. The van der Waals surface area contributed by atoms with Gasteiger partial charge in [0.25, 0.3) is 0 Å². The Hall–Kier alpha value is -2.74. The standard InChI is InChI=1S/C27H38O8/c1-15(2)22-19(33-17(4)28)12-16(3)10-9-11-27(5)25(35-27)24(22)34-26(29)18-13-20(30-6)23(32-8)21(14-18)31-7/h10,13-15,19,22,24-25H,9,11-12H2,1-8H3. The Labute approximate surface area is 207 Å². The molecule has 1 heterocycles. The summed E-state index contributed by atoms with van der Waals surface area (Å²) >= 11 is 0. The van der Waals surface area contributed by atoms with Crippen molar-refractivity contribution in [2.45, 2.75) is 77.8 Å². The molecular weight excluding hydrogens is 452 g/mol. The topological polar surface area (TPSA) is 92.8 Å². The zero-order chi connectivity index (χ0) is 25.9. The van der Waals surface area contributed by atoms with E-state index in [0.717, 1.165) is 18.4 Å². The van der Waals surface area contributed by atoms with Crippen molar-refractivity contribution in [3.8, 4) is 17.2 Å². The molecule has 1 aromatic rings. The van der Waals surface area contributed by atoms with Crippen LogP contribution in [0.15, 0.2) is 23.8 Å². The number of carbonyl (C=O) groups excluding carboxylic acids is 2. The van der Waals surface area contributed by atoms with Crippen molar-refractivity contribution >= 4 is 11.9 Å². The van der Waals surface area contributed by atoms with Gasteiger partial charge in [-0.25, -0.2) is 4.79 Å². The van der Waals surface area contributed by atoms with Crippen molar-refractivity contribution < 1.29 is 38.0 Å². The molecule has 8 nitrogen and oxygen atoms in total. The first kappa shape index (κ1) is 26.9. The van der Waals surface area contributed by atoms with Crippen molar-refractivity contribution in [2.75, 3.05) is 21.3 Å². The molecule has 1 aliphatic heterocycles. The molecular formula is C27H38O8. The van der Waals surface area contributed by atoms with Gasteiger partial charge in [-0.2, -0.15) is 0 Å². The van der Waals surface area contributed by atoms with Crippen molar-refractivity contribution in [3.63, 3.8) is 0 Å². The maximum Gasteiger partial charge on any atom is 0.338 e. The zero-order valence-corrected chi connectivity index (χ0v) is 22.0. The third kappa shape index (κ3) is 5.92. The minimum atomic E-state index is -0.609. The smallest absolute Gasteiger partial charge is 0.338 e. The number of carbonyl (C=O) groups is 2. The van der Waals surface area contributed by atoms with Crippen LogP contribution < -0.4 is 14.2 Å². The quantitative estimate of drug-likeness (QED) is 0.308. The molecule has 5 atom stereocenters. The average molecular weight is 491 g/mol. The number of methoxy groups -OCH3 is 3. The molecule has 0 saturated carbocycles. The van der Waals surface area contributed by atoms with E-state index in [0.29, 0.717) is 23.7 Å². The summed E-state index contributed by atoms with van der Waals surface area (Å²) in [5.74, 6) is -0.00712. The Balaban J connectivity index is 2.01. The highest BCUT2D eigenvalue weighted by Crippen LogP contribution is 2.48. The van der Waals surface area contributed by atoms with Crippen LogP contribution in [0, 0.1) is 11.8 Å². The first-order valence-electron chi connectivity index (χ1n) is 12.1. The zero-order valence-electron chi connectivity index (χ0n) is 22.0. The first-order chi connectivity index (χ1) is 16.5. The number of epoxide rings is 1. The number of benzene rings is 1. The molecule has 0 spiro atoms. The van der Waals surface area contributed by atoms with E-state index in [9.17, 15) is 9.59 Å². The molecule has 3 rings (SSSR count). The number of hydrogen-bond acceptors (Lipinski definition) is 8. The highest BCUT2D eigenvalue weighted by molar-refractivity contribution is 5.91. The van der Waals surface area contributed by atoms with Gasteiger partial charge in [0.1, 0.15) is 18.3 Å². The summed E-state index contributed by atoms with van der Waals surface area (Å²) in [4.78, 5) is 25.5. The average Bonchev–Trinajstić information content (AvgIpc) is 3.47. The number of allylic oxidation sites excluding steroid dienone is 1. The van der Waals surface area contributed by atoms with Crippen LogP contribution in [-0.4, -0.2) is 57.2 Å². The summed E-state index contributed by atoms with van der Waals surface area (Å²) in [6.07, 6.45) is 3.05. The van der Waals surface area contributed by atoms with Gasteiger partial charge in [-0.05, 0) is 44.7 Å². The number of fused-ring (bicyclic) bond motifs is 1. The van der Waals surface area contributed by atoms with E-state index < -0.39 is 23.8 Å². The molecule has 1 saturated heterocycles. The normalized spacial score (nSPS) is 28.3. The Morgan fingerprint density at radius 1 is 1.06 bits per heavy atom. The molecule has 0 N–H and O–H groups in total. The number of esters is 2. The van der Waals surface area contributed by atoms with Crippen LogP contribution in [0.1, 0.15) is 64.2 Å². The molecule has 1 fully saturated rings. The van der Waals surface area contributed by atoms with Gasteiger partial charge in [-0.3, -0.25) is 4.79 Å². The lowest BCUT2D eigenvalue weighted by Gasteiger charge is -2.36. The van der Waals surface area contributed by atoms with E-state index >= 15 is 0 Å². The van der Waals surface area contributed by atoms with E-state index in [-0.39, 0.29) is 29.5 Å². The molecule has 8 heteroatoms. The largest absolute Gasteiger partial charge is 0.493 e. The van der Waals surface area contributed by atoms with Gasteiger partial charge in [0.05, 0.1) is 32.5 Å². The van der Waals surface area contributed by atoms with Gasteiger partial charge >= 0.3 is 11.9 Å². The lowest BCUT2D eigenvalue weighted by Crippen LogP contribution is -2.45. The second-order valence-corrected chi connectivity index (χ2v) is 9.90. The molecule has 194 valence electrons. The minimum absolute atomic E-state index is 0.0535. The molecule has 0 amide bonds. The van der Waals surface area contributed by atoms with E-state index in [1.165, 1.54) is 28.3 Å². The molecule has 0 aromatic heterocycles. The molecule has 5 unspecified atom stereocenters. The SMILES string of the molecule is COc1cc(C(=O)OC2C(C(C)C)C(OC(C)=O)CC(C)=CCCC3(C)OC23)cc(OC)c1OC. The van der Waals surface area contributed by atoms with E-state index in [1.807, 2.05) is 27.7 Å². The Morgan fingerprint density at radius 2 is 1.69 bits per heavy atom. The molecule has 35 heavy (non-hydrogen) atoms. The van der Waals surface area contributed by atoms with Gasteiger partial charge in [-0.1, -0.05) is 25.5 Å². The third-order valence-electron chi connectivity index (χ3n) is 6.94.